The van der Waals surface area contributed by atoms with Gasteiger partial charge in [-0.1, -0.05) is 17.2 Å². The first-order valence-electron chi connectivity index (χ1n) is 7.72. The fourth-order valence-electron chi connectivity index (χ4n) is 2.92. The van der Waals surface area contributed by atoms with Crippen LogP contribution in [0.3, 0.4) is 0 Å². The summed E-state index contributed by atoms with van der Waals surface area (Å²) < 4.78 is 2.93. The van der Waals surface area contributed by atoms with Crippen molar-refractivity contribution in [2.75, 3.05) is 0 Å². The summed E-state index contributed by atoms with van der Waals surface area (Å²) in [4.78, 5) is 42.6. The molecule has 0 atom stereocenters. The first-order valence-corrected chi connectivity index (χ1v) is 7.72. The zero-order valence-corrected chi connectivity index (χ0v) is 13.9. The molecule has 1 aliphatic heterocycles. The van der Waals surface area contributed by atoms with Crippen LogP contribution in [-0.2, 0) is 11.9 Å². The molecule has 2 amide bonds. The van der Waals surface area contributed by atoms with E-state index in [0.29, 0.717) is 16.6 Å². The number of rotatable bonds is 3. The molecule has 0 fully saturated rings. The third-order valence-corrected chi connectivity index (χ3v) is 4.05. The molecular weight excluding hydrogens is 338 g/mol. The molecule has 0 saturated carbocycles. The molecule has 0 unspecified atom stereocenters. The Morgan fingerprint density at radius 2 is 1.73 bits per heavy atom. The maximum Gasteiger partial charge on any atom is 0.369 e. The van der Waals surface area contributed by atoms with Crippen molar-refractivity contribution < 1.29 is 19.2 Å². The molecule has 1 aliphatic rings. The molecule has 0 radical (unpaired) electrons. The Hall–Kier alpha value is -3.75. The van der Waals surface area contributed by atoms with Crippen molar-refractivity contribution >= 4 is 17.8 Å². The Morgan fingerprint density at radius 3 is 2.31 bits per heavy atom. The molecule has 0 saturated heterocycles. The van der Waals surface area contributed by atoms with Gasteiger partial charge in [-0.05, 0) is 25.1 Å². The lowest BCUT2D eigenvalue weighted by Crippen LogP contribution is -2.33. The Kier molecular flexibility index (Phi) is 3.43. The van der Waals surface area contributed by atoms with E-state index in [4.69, 9.17) is 4.84 Å². The minimum atomic E-state index is -0.865. The van der Waals surface area contributed by atoms with Crippen molar-refractivity contribution in [3.05, 3.63) is 65.1 Å². The Morgan fingerprint density at radius 1 is 1.08 bits per heavy atom. The monoisotopic (exact) mass is 351 g/mol. The number of imide groups is 1. The summed E-state index contributed by atoms with van der Waals surface area (Å²) in [5.74, 6) is -1.85. The van der Waals surface area contributed by atoms with Gasteiger partial charge >= 0.3 is 5.97 Å². The second kappa shape index (κ2) is 5.66. The molecule has 9 heteroatoms. The molecule has 9 nitrogen and oxygen atoms in total. The van der Waals surface area contributed by atoms with E-state index >= 15 is 0 Å². The zero-order chi connectivity index (χ0) is 18.4. The molecule has 0 aliphatic carbocycles. The summed E-state index contributed by atoms with van der Waals surface area (Å²) in [6.45, 7) is 1.63. The van der Waals surface area contributed by atoms with Crippen LogP contribution >= 0.6 is 0 Å². The van der Waals surface area contributed by atoms with Gasteiger partial charge in [0.25, 0.3) is 11.8 Å². The lowest BCUT2D eigenvalue weighted by molar-refractivity contribution is -0.0585. The van der Waals surface area contributed by atoms with Gasteiger partial charge in [-0.3, -0.25) is 9.59 Å². The number of carbonyl (C=O) groups excluding carboxylic acids is 3. The molecule has 1 aromatic carbocycles. The van der Waals surface area contributed by atoms with Gasteiger partial charge in [-0.25, -0.2) is 14.2 Å². The molecule has 130 valence electrons. The van der Waals surface area contributed by atoms with Crippen molar-refractivity contribution in [3.63, 3.8) is 0 Å². The highest BCUT2D eigenvalue weighted by molar-refractivity contribution is 6.21. The van der Waals surface area contributed by atoms with Gasteiger partial charge in [0.15, 0.2) is 5.82 Å². The largest absolute Gasteiger partial charge is 0.369 e. The number of aryl methyl sites for hydroxylation is 2. The molecule has 0 spiro atoms. The van der Waals surface area contributed by atoms with E-state index in [1.807, 2.05) is 0 Å². The van der Waals surface area contributed by atoms with E-state index in [1.54, 1.807) is 44.6 Å². The average molecular weight is 351 g/mol. The van der Waals surface area contributed by atoms with Gasteiger partial charge in [-0.15, -0.1) is 0 Å². The molecule has 0 bridgehead atoms. The number of hydrogen-bond acceptors (Lipinski definition) is 6. The highest BCUT2D eigenvalue weighted by Gasteiger charge is 2.39. The molecule has 26 heavy (non-hydrogen) atoms. The van der Waals surface area contributed by atoms with Crippen LogP contribution in [0.15, 0.2) is 42.7 Å². The molecular formula is C17H13N5O4. The van der Waals surface area contributed by atoms with E-state index in [-0.39, 0.29) is 16.7 Å². The topological polar surface area (TPSA) is 99.3 Å². The third kappa shape index (κ3) is 2.21. The van der Waals surface area contributed by atoms with Gasteiger partial charge in [0.05, 0.1) is 16.8 Å². The van der Waals surface area contributed by atoms with Crippen LogP contribution in [0.5, 0.6) is 0 Å². The number of carbonyl (C=O) groups is 3. The van der Waals surface area contributed by atoms with Crippen molar-refractivity contribution in [3.8, 4) is 5.82 Å². The number of amides is 2. The van der Waals surface area contributed by atoms with Gasteiger partial charge in [0.2, 0.25) is 0 Å². The van der Waals surface area contributed by atoms with Crippen molar-refractivity contribution in [2.45, 2.75) is 6.92 Å². The number of benzene rings is 1. The van der Waals surface area contributed by atoms with E-state index in [0.717, 1.165) is 0 Å². The molecule has 3 aromatic rings. The molecule has 2 aromatic heterocycles. The fourth-order valence-corrected chi connectivity index (χ4v) is 2.92. The minimum Gasteiger partial charge on any atom is -0.324 e. The molecule has 4 rings (SSSR count). The minimum absolute atomic E-state index is 0.118. The second-order valence-electron chi connectivity index (χ2n) is 5.69. The summed E-state index contributed by atoms with van der Waals surface area (Å²) in [5, 5.41) is 8.78. The number of fused-ring (bicyclic) bond motifs is 1. The summed E-state index contributed by atoms with van der Waals surface area (Å²) in [6, 6.07) is 7.98. The lowest BCUT2D eigenvalue weighted by Gasteiger charge is -2.13. The van der Waals surface area contributed by atoms with E-state index in [2.05, 4.69) is 10.2 Å². The van der Waals surface area contributed by atoms with Crippen molar-refractivity contribution in [1.82, 2.24) is 24.6 Å². The van der Waals surface area contributed by atoms with Crippen LogP contribution < -0.4 is 0 Å². The second-order valence-corrected chi connectivity index (χ2v) is 5.69. The smallest absolute Gasteiger partial charge is 0.324 e. The Balaban J connectivity index is 1.69. The number of nitrogens with zero attached hydrogens (tertiary/aromatic N) is 5. The standard InChI is InChI=1S/C17H13N5O4/c1-10-13(14(20(2)19-10)21-9-5-8-18-21)17(25)26-22-15(23)11-6-3-4-7-12(11)16(22)24/h3-9H,1-2H3. The van der Waals surface area contributed by atoms with Crippen LogP contribution in [0.25, 0.3) is 5.82 Å². The first kappa shape index (κ1) is 15.8. The van der Waals surface area contributed by atoms with Crippen molar-refractivity contribution in [2.24, 2.45) is 7.05 Å². The normalized spacial score (nSPS) is 13.2. The van der Waals surface area contributed by atoms with Crippen molar-refractivity contribution in [1.29, 1.82) is 0 Å². The summed E-state index contributed by atoms with van der Waals surface area (Å²) in [6.07, 6.45) is 3.21. The number of aromatic nitrogens is 4. The van der Waals surface area contributed by atoms with E-state index in [1.165, 1.54) is 21.5 Å². The van der Waals surface area contributed by atoms with Crippen LogP contribution in [0, 0.1) is 6.92 Å². The maximum atomic E-state index is 12.7. The molecule has 0 N–H and O–H groups in total. The predicted octanol–water partition coefficient (Wildman–Crippen LogP) is 1.28. The highest BCUT2D eigenvalue weighted by Crippen LogP contribution is 2.25. The zero-order valence-electron chi connectivity index (χ0n) is 13.9. The first-order chi connectivity index (χ1) is 12.5. The summed E-state index contributed by atoms with van der Waals surface area (Å²) in [5.41, 5.74) is 0.897. The Bertz CT molecular complexity index is 1020. The maximum absolute atomic E-state index is 12.7. The van der Waals surface area contributed by atoms with Crippen LogP contribution in [0.2, 0.25) is 0 Å². The van der Waals surface area contributed by atoms with Gasteiger partial charge < -0.3 is 4.84 Å². The highest BCUT2D eigenvalue weighted by atomic mass is 16.7. The Labute approximate surface area is 147 Å². The van der Waals surface area contributed by atoms with E-state index in [9.17, 15) is 14.4 Å². The van der Waals surface area contributed by atoms with Gasteiger partial charge in [0.1, 0.15) is 5.56 Å². The van der Waals surface area contributed by atoms with Crippen LogP contribution in [0.1, 0.15) is 36.8 Å². The quantitative estimate of drug-likeness (QED) is 0.659. The molecule has 3 heterocycles. The average Bonchev–Trinajstić information content (AvgIpc) is 3.30. The van der Waals surface area contributed by atoms with Crippen LogP contribution in [0.4, 0.5) is 0 Å². The third-order valence-electron chi connectivity index (χ3n) is 4.05. The van der Waals surface area contributed by atoms with Crippen LogP contribution in [-0.4, -0.2) is 42.4 Å². The summed E-state index contributed by atoms with van der Waals surface area (Å²) in [7, 11) is 1.66. The SMILES string of the molecule is Cc1nn(C)c(-n2cccn2)c1C(=O)ON1C(=O)c2ccccc2C1=O. The van der Waals surface area contributed by atoms with E-state index < -0.39 is 17.8 Å². The lowest BCUT2D eigenvalue weighted by atomic mass is 10.1. The fraction of sp³-hybridized carbons (Fsp3) is 0.118. The number of hydroxylamine groups is 2. The van der Waals surface area contributed by atoms with Gasteiger partial charge in [-0.2, -0.15) is 10.2 Å². The summed E-state index contributed by atoms with van der Waals surface area (Å²) >= 11 is 0. The van der Waals surface area contributed by atoms with Gasteiger partial charge in [0, 0.05) is 19.4 Å². The number of hydrogen-bond donors (Lipinski definition) is 0. The predicted molar refractivity (Wildman–Crippen MR) is 87.4 cm³/mol.